The first-order valence-electron chi connectivity index (χ1n) is 23.3. The van der Waals surface area contributed by atoms with E-state index in [9.17, 15) is 44.1 Å². The van der Waals surface area contributed by atoms with Gasteiger partial charge < -0.3 is 56.2 Å². The smallest absolute Gasteiger partial charge is 0.357 e. The maximum absolute atomic E-state index is 13.5. The van der Waals surface area contributed by atoms with E-state index in [1.54, 1.807) is 103 Å². The Morgan fingerprint density at radius 1 is 0.701 bits per heavy atom. The van der Waals surface area contributed by atoms with Gasteiger partial charge in [-0.3, -0.25) is 19.2 Å². The van der Waals surface area contributed by atoms with Gasteiger partial charge in [0.1, 0.15) is 42.3 Å². The van der Waals surface area contributed by atoms with Gasteiger partial charge in [-0.2, -0.15) is 24.9 Å². The predicted molar refractivity (Wildman–Crippen MR) is 267 cm³/mol. The molecule has 28 nitrogen and oxygen atoms in total. The van der Waals surface area contributed by atoms with Gasteiger partial charge in [0, 0.05) is 31.0 Å². The van der Waals surface area contributed by atoms with E-state index in [0.29, 0.717) is 11.4 Å². The maximum atomic E-state index is 13.5. The molecule has 28 heteroatoms. The summed E-state index contributed by atoms with van der Waals surface area (Å²) in [6, 6.07) is 24.8. The van der Waals surface area contributed by atoms with Crippen molar-refractivity contribution in [3.8, 4) is 0 Å². The van der Waals surface area contributed by atoms with E-state index in [4.69, 9.17) is 40.9 Å². The van der Waals surface area contributed by atoms with Crippen LogP contribution in [-0.4, -0.2) is 138 Å². The highest BCUT2D eigenvalue weighted by molar-refractivity contribution is 6.18. The maximum Gasteiger partial charge on any atom is 0.357 e. The van der Waals surface area contributed by atoms with Gasteiger partial charge in [-0.25, -0.2) is 37.8 Å². The van der Waals surface area contributed by atoms with Crippen LogP contribution in [0.2, 0.25) is 0 Å². The number of aromatic nitrogens is 8. The van der Waals surface area contributed by atoms with Crippen LogP contribution in [0, 0.1) is 5.92 Å². The number of esters is 3. The number of hydrogen-bond donors (Lipinski definition) is 7. The number of rotatable bonds is 10. The van der Waals surface area contributed by atoms with E-state index in [1.807, 2.05) is 0 Å². The zero-order valence-corrected chi connectivity index (χ0v) is 40.6. The number of ether oxygens (including phenoxy) is 5. The fourth-order valence-electron chi connectivity index (χ4n) is 8.72. The van der Waals surface area contributed by atoms with Crippen molar-refractivity contribution in [2.45, 2.75) is 61.9 Å². The summed E-state index contributed by atoms with van der Waals surface area (Å²) in [6.07, 6.45) is 1.97. The summed E-state index contributed by atoms with van der Waals surface area (Å²) in [7, 11) is 0. The van der Waals surface area contributed by atoms with Crippen molar-refractivity contribution in [2.75, 3.05) is 24.7 Å². The van der Waals surface area contributed by atoms with Crippen LogP contribution in [0.15, 0.2) is 148 Å². The number of nitrogens with zero attached hydrogens (tertiary/aromatic N) is 10. The number of anilines is 2. The van der Waals surface area contributed by atoms with Gasteiger partial charge in [0.2, 0.25) is 35.3 Å². The highest BCUT2D eigenvalue weighted by atomic mass is 16.7. The molecule has 0 radical (unpaired) electrons. The number of nitrogens with two attached hydrogens (primary N) is 3. The number of aliphatic hydroxyl groups excluding tert-OH is 2. The monoisotopic (exact) mass is 1060 g/mol. The van der Waals surface area contributed by atoms with Crippen molar-refractivity contribution < 1.29 is 58.2 Å². The first-order chi connectivity index (χ1) is 36.9. The zero-order valence-electron chi connectivity index (χ0n) is 40.6. The number of nitrogens with one attached hydrogen (secondary N) is 1. The second kappa shape index (κ2) is 21.4. The van der Waals surface area contributed by atoms with E-state index in [-0.39, 0.29) is 59.0 Å². The zero-order chi connectivity index (χ0) is 54.8. The predicted octanol–water partition coefficient (Wildman–Crippen LogP) is -0.483. The number of carbonyl (C=O) groups is 4. The Kier molecular flexibility index (Phi) is 14.6. The number of aliphatic hydroxyl groups is 3. The van der Waals surface area contributed by atoms with Crippen LogP contribution in [0.25, 0.3) is 11.6 Å². The summed E-state index contributed by atoms with van der Waals surface area (Å²) < 4.78 is 34.7. The molecular weight excluding hydrogens is 1010 g/mol. The second-order valence-corrected chi connectivity index (χ2v) is 17.8. The molecule has 77 heavy (non-hydrogen) atoms. The first-order valence-corrected chi connectivity index (χ1v) is 23.3. The number of amides is 1. The fourth-order valence-corrected chi connectivity index (χ4v) is 8.72. The summed E-state index contributed by atoms with van der Waals surface area (Å²) in [4.78, 5) is 98.2. The Labute approximate surface area is 433 Å². The van der Waals surface area contributed by atoms with Gasteiger partial charge in [0.25, 0.3) is 0 Å². The minimum Gasteiger partial charge on any atom is -0.459 e. The summed E-state index contributed by atoms with van der Waals surface area (Å²) in [5.41, 5.74) is 12.5. The quantitative estimate of drug-likeness (QED) is 0.0671. The first kappa shape index (κ1) is 52.4. The topological polar surface area (TPSA) is 394 Å². The molecule has 0 spiro atoms. The van der Waals surface area contributed by atoms with Gasteiger partial charge in [-0.1, -0.05) is 54.6 Å². The van der Waals surface area contributed by atoms with E-state index < -0.39 is 84.0 Å². The molecule has 2 saturated heterocycles. The summed E-state index contributed by atoms with van der Waals surface area (Å²) in [6.45, 7) is 2.06. The molecule has 398 valence electrons. The number of hydrogen-bond acceptors (Lipinski definition) is 23. The number of aliphatic imine (C=N–C) groups is 2. The average molecular weight is 1060 g/mol. The van der Waals surface area contributed by atoms with Crippen molar-refractivity contribution >= 4 is 59.1 Å². The molecular formula is C49H48N14O14. The number of fused-ring (bicyclic) bond motifs is 3. The summed E-state index contributed by atoms with van der Waals surface area (Å²) in [5.74, 6) is -2.37. The number of benzene rings is 3. The Balaban J connectivity index is 0.000000183. The Morgan fingerprint density at radius 2 is 1.21 bits per heavy atom. The minimum atomic E-state index is -1.77. The molecule has 9 atom stereocenters. The fraction of sp³-hybridized carbons (Fsp3) is 0.265. The second-order valence-electron chi connectivity index (χ2n) is 17.8. The molecule has 0 aliphatic carbocycles. The van der Waals surface area contributed by atoms with Gasteiger partial charge in [0.05, 0.1) is 23.3 Å². The lowest BCUT2D eigenvalue weighted by atomic mass is 9.95. The van der Waals surface area contributed by atoms with Crippen LogP contribution in [0.1, 0.15) is 57.4 Å². The van der Waals surface area contributed by atoms with Crippen molar-refractivity contribution in [1.29, 1.82) is 0 Å². The molecule has 2 fully saturated rings. The Morgan fingerprint density at radius 3 is 1.74 bits per heavy atom. The van der Waals surface area contributed by atoms with Crippen LogP contribution in [0.4, 0.5) is 11.9 Å². The lowest BCUT2D eigenvalue weighted by molar-refractivity contribution is -0.120. The molecule has 8 heterocycles. The van der Waals surface area contributed by atoms with Crippen LogP contribution in [0.5, 0.6) is 0 Å². The lowest BCUT2D eigenvalue weighted by Gasteiger charge is -2.34. The molecule has 0 saturated carbocycles. The third-order valence-corrected chi connectivity index (χ3v) is 12.5. The van der Waals surface area contributed by atoms with Crippen LogP contribution in [0.3, 0.4) is 0 Å². The summed E-state index contributed by atoms with van der Waals surface area (Å²) >= 11 is 0. The third-order valence-electron chi connectivity index (χ3n) is 12.5. The van der Waals surface area contributed by atoms with Crippen molar-refractivity contribution in [2.24, 2.45) is 21.6 Å². The van der Waals surface area contributed by atoms with Gasteiger partial charge in [-0.05, 0) is 56.3 Å². The van der Waals surface area contributed by atoms with Gasteiger partial charge in [0.15, 0.2) is 24.2 Å². The Bertz CT molecular complexity index is 3580. The van der Waals surface area contributed by atoms with Crippen molar-refractivity contribution in [3.63, 3.8) is 0 Å². The van der Waals surface area contributed by atoms with E-state index in [1.165, 1.54) is 47.8 Å². The highest BCUT2D eigenvalue weighted by Gasteiger charge is 2.61. The number of nitrogen functional groups attached to an aromatic ring is 2. The van der Waals surface area contributed by atoms with Crippen molar-refractivity contribution in [3.05, 3.63) is 166 Å². The van der Waals surface area contributed by atoms with Crippen molar-refractivity contribution in [1.82, 2.24) is 43.2 Å². The Hall–Kier alpha value is -9.48. The molecule has 7 aromatic rings. The molecule has 3 aromatic carbocycles. The summed E-state index contributed by atoms with van der Waals surface area (Å²) in [5, 5.41) is 32.0. The van der Waals surface area contributed by atoms with E-state index in [0.717, 1.165) is 8.80 Å². The largest absolute Gasteiger partial charge is 0.459 e. The SMILES string of the molecule is CC1(O)C(O)C(CO)OC1n1ccn2c(=O)nc(N)nc12.CC1(OC(=O)c2ccccc2)C(OC(=O)c2ccccc2)C(COC(=O)c2ccccc2)OC1n1ccn2c(=O)nc(N)nc12.NC1=NC2=NC=CC2C(=O)N1. The minimum absolute atomic E-state index is 0.0227. The molecule has 1 amide bonds. The average Bonchev–Trinajstić information content (AvgIpc) is 4.37. The highest BCUT2D eigenvalue weighted by Crippen LogP contribution is 2.45. The number of amidine groups is 1. The van der Waals surface area contributed by atoms with Crippen LogP contribution >= 0.6 is 0 Å². The van der Waals surface area contributed by atoms with E-state index >= 15 is 0 Å². The molecule has 4 aliphatic heterocycles. The molecule has 4 aromatic heterocycles. The molecule has 10 N–H and O–H groups in total. The van der Waals surface area contributed by atoms with Crippen LogP contribution in [-0.2, 0) is 28.5 Å². The third kappa shape index (κ3) is 10.5. The van der Waals surface area contributed by atoms with E-state index in [2.05, 4.69) is 35.2 Å². The van der Waals surface area contributed by atoms with Crippen LogP contribution < -0.4 is 33.9 Å². The standard InChI is InChI=1S/C32H27N5O8.C11H15N5O5.C6H6N4O/c1-32(45-27(40)22-15-9-4-10-16-22)24(44-26(39)21-13-7-3-8-14-21)23(19-42-25(38)20-11-5-2-6-12-20)43-28(32)36-17-18-37-30(36)34-29(33)35-31(37)41;1-11(20)6(18)5(4-17)21-7(11)15-2-3-16-9(15)13-8(12)14-10(16)19;7-6-9-4-3(1-2-8-4)5(11)10-6/h2-18,23-24,28H,19H2,1H3,(H2,33,35,41);2-3,5-7,17-18,20H,4H2,1H3,(H2,12,14,19);1-3H,(H3,7,8,9,10,11). The molecule has 9 unspecified atom stereocenters. The lowest BCUT2D eigenvalue weighted by Crippen LogP contribution is -2.50. The number of carbonyl (C=O) groups excluding carboxylic acids is 4. The molecule has 0 bridgehead atoms. The number of imidazole rings is 2. The normalized spacial score (nSPS) is 25.1. The molecule has 4 aliphatic rings. The van der Waals surface area contributed by atoms with Gasteiger partial charge >= 0.3 is 29.3 Å². The number of guanidine groups is 1. The molecule has 11 rings (SSSR count). The van der Waals surface area contributed by atoms with Gasteiger partial charge in [-0.15, -0.1) is 0 Å².